The van der Waals surface area contributed by atoms with Crippen LogP contribution in [-0.2, 0) is 25.7 Å². The van der Waals surface area contributed by atoms with Gasteiger partial charge < -0.3 is 9.80 Å². The molecule has 0 amide bonds. The minimum atomic E-state index is -4.38. The van der Waals surface area contributed by atoms with E-state index in [0.717, 1.165) is 47.4 Å². The zero-order valence-corrected chi connectivity index (χ0v) is 23.7. The van der Waals surface area contributed by atoms with Crippen molar-refractivity contribution in [3.63, 3.8) is 0 Å². The number of anilines is 1. The Labute approximate surface area is 235 Å². The van der Waals surface area contributed by atoms with Crippen LogP contribution in [-0.4, -0.2) is 70.7 Å². The Morgan fingerprint density at radius 2 is 1.73 bits per heavy atom. The molecule has 0 saturated carbocycles. The molecule has 0 atom stereocenters. The van der Waals surface area contributed by atoms with Gasteiger partial charge in [0.1, 0.15) is 10.6 Å². The average molecular weight is 602 g/mol. The molecule has 5 heterocycles. The summed E-state index contributed by atoms with van der Waals surface area (Å²) in [6.07, 6.45) is -1.87. The Balaban J connectivity index is 0.00000160. The quantitative estimate of drug-likeness (QED) is 0.446. The number of halogens is 6. The van der Waals surface area contributed by atoms with Gasteiger partial charge in [0.05, 0.1) is 17.3 Å². The van der Waals surface area contributed by atoms with Gasteiger partial charge in [-0.2, -0.15) is 13.2 Å². The van der Waals surface area contributed by atoms with Gasteiger partial charge in [0, 0.05) is 62.9 Å². The van der Waals surface area contributed by atoms with Crippen molar-refractivity contribution >= 4 is 64.6 Å². The summed E-state index contributed by atoms with van der Waals surface area (Å²) >= 11 is 1.62. The normalized spacial score (nSPS) is 16.5. The minimum Gasteiger partial charge on any atom is -0.354 e. The molecule has 1 fully saturated rings. The van der Waals surface area contributed by atoms with Crippen molar-refractivity contribution in [3.8, 4) is 0 Å². The number of thiophene rings is 1. The summed E-state index contributed by atoms with van der Waals surface area (Å²) in [6, 6.07) is 2.20. The van der Waals surface area contributed by atoms with Crippen LogP contribution < -0.4 is 10.5 Å². The number of piperazine rings is 1. The highest BCUT2D eigenvalue weighted by Gasteiger charge is 2.32. The maximum Gasteiger partial charge on any atom is 0.416 e. The van der Waals surface area contributed by atoms with Gasteiger partial charge in [-0.1, -0.05) is 0 Å². The van der Waals surface area contributed by atoms with Crippen molar-refractivity contribution in [3.05, 3.63) is 50.5 Å². The second kappa shape index (κ2) is 12.5. The van der Waals surface area contributed by atoms with Gasteiger partial charge in [0.25, 0.3) is 5.56 Å². The molecule has 2 aliphatic rings. The SMILES string of the molecule is Cc1cc(C(F)(F)F)cc(N2CCN(CCn3cnc4sc5c(c4c3=O)CCN(C)C5)CC2)n1.Cl.Cl.Cl. The third-order valence-electron chi connectivity index (χ3n) is 6.64. The molecule has 7 nitrogen and oxygen atoms in total. The fourth-order valence-electron chi connectivity index (χ4n) is 4.73. The Hall–Kier alpha value is -1.63. The van der Waals surface area contributed by atoms with Crippen LogP contribution >= 0.6 is 48.6 Å². The highest BCUT2D eigenvalue weighted by molar-refractivity contribution is 7.18. The number of rotatable bonds is 4. The number of fused-ring (bicyclic) bond motifs is 3. The lowest BCUT2D eigenvalue weighted by Crippen LogP contribution is -2.48. The van der Waals surface area contributed by atoms with Crippen molar-refractivity contribution in [2.45, 2.75) is 32.6 Å². The van der Waals surface area contributed by atoms with E-state index in [2.05, 4.69) is 26.8 Å². The van der Waals surface area contributed by atoms with Crippen LogP contribution in [0.4, 0.5) is 19.0 Å². The van der Waals surface area contributed by atoms with E-state index in [1.54, 1.807) is 29.2 Å². The summed E-state index contributed by atoms with van der Waals surface area (Å²) in [5.74, 6) is 0.366. The number of alkyl halides is 3. The second-order valence-electron chi connectivity index (χ2n) is 9.10. The molecule has 0 bridgehead atoms. The molecular weight excluding hydrogens is 572 g/mol. The Bertz CT molecular complexity index is 1280. The van der Waals surface area contributed by atoms with Crippen LogP contribution in [0.5, 0.6) is 0 Å². The predicted molar refractivity (Wildman–Crippen MR) is 148 cm³/mol. The van der Waals surface area contributed by atoms with Crippen LogP contribution in [0, 0.1) is 6.92 Å². The molecule has 14 heteroatoms. The average Bonchev–Trinajstić information content (AvgIpc) is 3.16. The molecule has 0 aliphatic carbocycles. The molecule has 37 heavy (non-hydrogen) atoms. The fourth-order valence-corrected chi connectivity index (χ4v) is 5.99. The largest absolute Gasteiger partial charge is 0.416 e. The van der Waals surface area contributed by atoms with Gasteiger partial charge in [-0.3, -0.25) is 14.3 Å². The van der Waals surface area contributed by atoms with Gasteiger partial charge in [0.2, 0.25) is 0 Å². The Morgan fingerprint density at radius 3 is 2.41 bits per heavy atom. The van der Waals surface area contributed by atoms with E-state index in [-0.39, 0.29) is 42.8 Å². The number of nitrogens with zero attached hydrogens (tertiary/aromatic N) is 6. The maximum absolute atomic E-state index is 13.2. The number of aromatic nitrogens is 3. The predicted octanol–water partition coefficient (Wildman–Crippen LogP) is 4.26. The number of hydrogen-bond donors (Lipinski definition) is 0. The van der Waals surface area contributed by atoms with Crippen LogP contribution in [0.3, 0.4) is 0 Å². The van der Waals surface area contributed by atoms with Gasteiger partial charge >= 0.3 is 6.18 Å². The molecule has 0 aromatic carbocycles. The molecule has 3 aromatic heterocycles. The summed E-state index contributed by atoms with van der Waals surface area (Å²) in [6.45, 7) is 7.18. The number of pyridine rings is 1. The molecule has 1 saturated heterocycles. The summed E-state index contributed by atoms with van der Waals surface area (Å²) < 4.78 is 41.2. The number of likely N-dealkylation sites (N-methyl/N-ethyl adjacent to an activating group) is 1. The van der Waals surface area contributed by atoms with Crippen LogP contribution in [0.2, 0.25) is 0 Å². The highest BCUT2D eigenvalue weighted by Crippen LogP contribution is 2.33. The van der Waals surface area contributed by atoms with E-state index in [4.69, 9.17) is 0 Å². The minimum absolute atomic E-state index is 0. The Kier molecular flexibility index (Phi) is 10.7. The van der Waals surface area contributed by atoms with Crippen LogP contribution in [0.15, 0.2) is 23.3 Å². The summed E-state index contributed by atoms with van der Waals surface area (Å²) in [7, 11) is 2.09. The van der Waals surface area contributed by atoms with Crippen LogP contribution in [0.1, 0.15) is 21.7 Å². The zero-order chi connectivity index (χ0) is 24.0. The second-order valence-corrected chi connectivity index (χ2v) is 10.2. The maximum atomic E-state index is 13.2. The first-order valence-electron chi connectivity index (χ1n) is 11.4. The highest BCUT2D eigenvalue weighted by atomic mass is 35.5. The Morgan fingerprint density at radius 1 is 1.03 bits per heavy atom. The lowest BCUT2D eigenvalue weighted by molar-refractivity contribution is -0.137. The first-order valence-corrected chi connectivity index (χ1v) is 12.2. The van der Waals surface area contributed by atoms with E-state index < -0.39 is 11.7 Å². The van der Waals surface area contributed by atoms with Crippen LogP contribution in [0.25, 0.3) is 10.2 Å². The zero-order valence-electron chi connectivity index (χ0n) is 20.5. The van der Waals surface area contributed by atoms with Crippen molar-refractivity contribution < 1.29 is 13.2 Å². The molecule has 0 spiro atoms. The van der Waals surface area contributed by atoms with E-state index in [1.807, 2.05) is 4.90 Å². The molecule has 0 unspecified atom stereocenters. The van der Waals surface area contributed by atoms with Crippen molar-refractivity contribution in [1.29, 1.82) is 0 Å². The third kappa shape index (κ3) is 6.69. The van der Waals surface area contributed by atoms with Gasteiger partial charge in [0.15, 0.2) is 0 Å². The molecule has 0 N–H and O–H groups in total. The summed E-state index contributed by atoms with van der Waals surface area (Å²) in [5, 5.41) is 0.770. The van der Waals surface area contributed by atoms with Gasteiger partial charge in [-0.25, -0.2) is 9.97 Å². The van der Waals surface area contributed by atoms with E-state index in [9.17, 15) is 18.0 Å². The number of aryl methyl sites for hydroxylation is 1. The lowest BCUT2D eigenvalue weighted by Gasteiger charge is -2.35. The third-order valence-corrected chi connectivity index (χ3v) is 7.76. The standard InChI is InChI=1S/C23H27F3N6OS.3ClH/c1-15-11-16(23(24,25)26)12-19(28-15)31-8-5-30(6-9-31)7-10-32-14-27-21-20(22(32)33)17-3-4-29(2)13-18(17)34-21;;;/h11-12,14H,3-10,13H2,1-2H3;3*1H. The summed E-state index contributed by atoms with van der Waals surface area (Å²) in [4.78, 5) is 30.5. The summed E-state index contributed by atoms with van der Waals surface area (Å²) in [5.41, 5.74) is 0.871. The molecular formula is C23H30Cl3F3N6OS. The topological polar surface area (TPSA) is 57.5 Å². The smallest absolute Gasteiger partial charge is 0.354 e. The monoisotopic (exact) mass is 600 g/mol. The van der Waals surface area contributed by atoms with Crippen molar-refractivity contribution in [2.75, 3.05) is 51.2 Å². The fraction of sp³-hybridized carbons (Fsp3) is 0.522. The van der Waals surface area contributed by atoms with E-state index in [0.29, 0.717) is 50.8 Å². The first-order chi connectivity index (χ1) is 16.2. The molecule has 5 rings (SSSR count). The molecule has 3 aromatic rings. The number of hydrogen-bond acceptors (Lipinski definition) is 7. The van der Waals surface area contributed by atoms with Gasteiger partial charge in [-0.05, 0) is 38.1 Å². The first kappa shape index (κ1) is 31.6. The van der Waals surface area contributed by atoms with Crippen molar-refractivity contribution in [1.82, 2.24) is 24.3 Å². The molecule has 206 valence electrons. The van der Waals surface area contributed by atoms with Crippen molar-refractivity contribution in [2.24, 2.45) is 0 Å². The molecule has 2 aliphatic heterocycles. The lowest BCUT2D eigenvalue weighted by atomic mass is 10.1. The van der Waals surface area contributed by atoms with E-state index in [1.165, 1.54) is 4.88 Å². The molecule has 0 radical (unpaired) electrons. The van der Waals surface area contributed by atoms with E-state index >= 15 is 0 Å². The van der Waals surface area contributed by atoms with Gasteiger partial charge in [-0.15, -0.1) is 48.6 Å².